The summed E-state index contributed by atoms with van der Waals surface area (Å²) in [5, 5.41) is 23.2. The highest BCUT2D eigenvalue weighted by atomic mass is 16.3. The first kappa shape index (κ1) is 15.9. The second-order valence-corrected chi connectivity index (χ2v) is 5.39. The number of rotatable bonds is 5. The number of aromatic nitrogens is 3. The lowest BCUT2D eigenvalue weighted by Crippen LogP contribution is -2.14. The molecule has 3 N–H and O–H groups in total. The summed E-state index contributed by atoms with van der Waals surface area (Å²) in [6.45, 7) is 2.12. The van der Waals surface area contributed by atoms with Crippen molar-refractivity contribution in [2.75, 3.05) is 11.9 Å². The lowest BCUT2D eigenvalue weighted by atomic mass is 10.2. The van der Waals surface area contributed by atoms with E-state index in [9.17, 15) is 10.2 Å². The van der Waals surface area contributed by atoms with E-state index in [1.54, 1.807) is 42.6 Å². The van der Waals surface area contributed by atoms with Gasteiger partial charge >= 0.3 is 0 Å². The number of nitrogens with zero attached hydrogens (tertiary/aromatic N) is 3. The molecule has 0 saturated heterocycles. The summed E-state index contributed by atoms with van der Waals surface area (Å²) in [5.74, 6) is 1.14. The molecule has 24 heavy (non-hydrogen) atoms. The zero-order valence-electron chi connectivity index (χ0n) is 13.2. The van der Waals surface area contributed by atoms with Crippen LogP contribution in [0.2, 0.25) is 0 Å². The molecule has 6 heteroatoms. The average Bonchev–Trinajstić information content (AvgIpc) is 2.60. The number of anilines is 1. The summed E-state index contributed by atoms with van der Waals surface area (Å²) in [5.41, 5.74) is 1.92. The lowest BCUT2D eigenvalue weighted by molar-refractivity contribution is 0.186. The van der Waals surface area contributed by atoms with Crippen LogP contribution in [0.3, 0.4) is 0 Å². The van der Waals surface area contributed by atoms with Crippen molar-refractivity contribution in [1.82, 2.24) is 15.0 Å². The van der Waals surface area contributed by atoms with E-state index in [2.05, 4.69) is 20.3 Å². The molecule has 0 aliphatic rings. The summed E-state index contributed by atoms with van der Waals surface area (Å²) in [6.07, 6.45) is 0.902. The number of nitrogens with one attached hydrogen (secondary N) is 1. The Hall–Kier alpha value is -2.99. The highest BCUT2D eigenvalue weighted by Gasteiger charge is 2.11. The van der Waals surface area contributed by atoms with Crippen LogP contribution in [0.25, 0.3) is 11.4 Å². The molecule has 0 bridgehead atoms. The molecular weight excluding hydrogens is 304 g/mol. The number of hydrogen-bond donors (Lipinski definition) is 3. The smallest absolute Gasteiger partial charge is 0.165 e. The van der Waals surface area contributed by atoms with Crippen LogP contribution in [-0.2, 0) is 0 Å². The summed E-state index contributed by atoms with van der Waals surface area (Å²) in [4.78, 5) is 12.9. The van der Waals surface area contributed by atoms with Gasteiger partial charge in [0.25, 0.3) is 0 Å². The number of aromatic hydroxyl groups is 1. The standard InChI is InChI=1S/C18H18N4O2/c1-12-10-17(20-11-16(24)14-7-4-5-9-19-14)22-18(21-12)13-6-2-3-8-15(13)23/h2-10,16,23-24H,11H2,1H3,(H,20,21,22). The molecule has 0 saturated carbocycles. The predicted octanol–water partition coefficient (Wildman–Crippen LogP) is 2.70. The van der Waals surface area contributed by atoms with Gasteiger partial charge in [0, 0.05) is 24.5 Å². The largest absolute Gasteiger partial charge is 0.507 e. The van der Waals surface area contributed by atoms with Crippen molar-refractivity contribution in [1.29, 1.82) is 0 Å². The van der Waals surface area contributed by atoms with E-state index in [1.165, 1.54) is 0 Å². The number of phenolic OH excluding ortho intramolecular Hbond substituents is 1. The molecule has 2 aromatic heterocycles. The molecule has 122 valence electrons. The van der Waals surface area contributed by atoms with Crippen molar-refractivity contribution in [2.45, 2.75) is 13.0 Å². The number of benzene rings is 1. The van der Waals surface area contributed by atoms with Crippen LogP contribution in [-0.4, -0.2) is 31.7 Å². The number of aliphatic hydroxyl groups excluding tert-OH is 1. The van der Waals surface area contributed by atoms with Crippen molar-refractivity contribution >= 4 is 5.82 Å². The SMILES string of the molecule is Cc1cc(NCC(O)c2ccccn2)nc(-c2ccccc2O)n1. The molecule has 0 amide bonds. The second-order valence-electron chi connectivity index (χ2n) is 5.39. The molecular formula is C18H18N4O2. The van der Waals surface area contributed by atoms with Gasteiger partial charge in [-0.25, -0.2) is 9.97 Å². The van der Waals surface area contributed by atoms with Gasteiger partial charge in [0.15, 0.2) is 5.82 Å². The zero-order valence-corrected chi connectivity index (χ0v) is 13.2. The molecule has 1 atom stereocenters. The highest BCUT2D eigenvalue weighted by molar-refractivity contribution is 5.64. The van der Waals surface area contributed by atoms with E-state index in [1.807, 2.05) is 19.1 Å². The minimum Gasteiger partial charge on any atom is -0.507 e. The second kappa shape index (κ2) is 7.06. The van der Waals surface area contributed by atoms with Gasteiger partial charge in [-0.1, -0.05) is 18.2 Å². The van der Waals surface area contributed by atoms with E-state index in [0.29, 0.717) is 22.9 Å². The first-order valence-electron chi connectivity index (χ1n) is 7.60. The van der Waals surface area contributed by atoms with Crippen LogP contribution >= 0.6 is 0 Å². The van der Waals surface area contributed by atoms with Crippen molar-refractivity contribution < 1.29 is 10.2 Å². The van der Waals surface area contributed by atoms with Gasteiger partial charge in [0.1, 0.15) is 17.7 Å². The maximum Gasteiger partial charge on any atom is 0.165 e. The van der Waals surface area contributed by atoms with Gasteiger partial charge in [0.05, 0.1) is 11.3 Å². The third-order valence-corrected chi connectivity index (χ3v) is 3.50. The molecule has 3 aromatic rings. The van der Waals surface area contributed by atoms with Gasteiger partial charge in [0.2, 0.25) is 0 Å². The van der Waals surface area contributed by atoms with Gasteiger partial charge in [-0.05, 0) is 31.2 Å². The molecule has 6 nitrogen and oxygen atoms in total. The molecule has 0 spiro atoms. The molecule has 0 aliphatic carbocycles. The molecule has 1 aromatic carbocycles. The zero-order chi connectivity index (χ0) is 16.9. The molecule has 0 radical (unpaired) electrons. The van der Waals surface area contributed by atoms with Crippen molar-refractivity contribution in [3.63, 3.8) is 0 Å². The summed E-state index contributed by atoms with van der Waals surface area (Å²) in [6, 6.07) is 14.1. The van der Waals surface area contributed by atoms with Crippen LogP contribution in [0.4, 0.5) is 5.82 Å². The van der Waals surface area contributed by atoms with Crippen LogP contribution in [0.1, 0.15) is 17.5 Å². The maximum atomic E-state index is 10.2. The topological polar surface area (TPSA) is 91.2 Å². The normalized spacial score (nSPS) is 11.9. The Balaban J connectivity index is 1.78. The number of aliphatic hydroxyl groups is 1. The highest BCUT2D eigenvalue weighted by Crippen LogP contribution is 2.26. The van der Waals surface area contributed by atoms with Gasteiger partial charge < -0.3 is 15.5 Å². The van der Waals surface area contributed by atoms with Crippen molar-refractivity contribution in [3.05, 3.63) is 66.1 Å². The first-order valence-corrected chi connectivity index (χ1v) is 7.60. The fourth-order valence-electron chi connectivity index (χ4n) is 2.32. The lowest BCUT2D eigenvalue weighted by Gasteiger charge is -2.13. The third kappa shape index (κ3) is 3.67. The number of pyridine rings is 1. The molecule has 0 aliphatic heterocycles. The number of phenols is 1. The average molecular weight is 322 g/mol. The summed E-state index contributed by atoms with van der Waals surface area (Å²) < 4.78 is 0. The van der Waals surface area contributed by atoms with Gasteiger partial charge in [-0.3, -0.25) is 4.98 Å². The van der Waals surface area contributed by atoms with Crippen LogP contribution in [0.15, 0.2) is 54.7 Å². The van der Waals surface area contributed by atoms with E-state index < -0.39 is 6.10 Å². The fourth-order valence-corrected chi connectivity index (χ4v) is 2.32. The van der Waals surface area contributed by atoms with Crippen molar-refractivity contribution in [2.24, 2.45) is 0 Å². The molecule has 1 unspecified atom stereocenters. The molecule has 2 heterocycles. The number of aryl methyl sites for hydroxylation is 1. The Morgan fingerprint density at radius 1 is 1.08 bits per heavy atom. The number of hydrogen-bond acceptors (Lipinski definition) is 6. The van der Waals surface area contributed by atoms with Crippen LogP contribution < -0.4 is 5.32 Å². The first-order chi connectivity index (χ1) is 11.6. The van der Waals surface area contributed by atoms with Crippen LogP contribution in [0, 0.1) is 6.92 Å². The van der Waals surface area contributed by atoms with Crippen molar-refractivity contribution in [3.8, 4) is 17.1 Å². The van der Waals surface area contributed by atoms with Gasteiger partial charge in [-0.2, -0.15) is 0 Å². The fraction of sp³-hybridized carbons (Fsp3) is 0.167. The minimum atomic E-state index is -0.741. The monoisotopic (exact) mass is 322 g/mol. The van der Waals surface area contributed by atoms with Crippen LogP contribution in [0.5, 0.6) is 5.75 Å². The van der Waals surface area contributed by atoms with E-state index >= 15 is 0 Å². The predicted molar refractivity (Wildman–Crippen MR) is 91.6 cm³/mol. The molecule has 3 rings (SSSR count). The van der Waals surface area contributed by atoms with E-state index in [0.717, 1.165) is 5.69 Å². The van der Waals surface area contributed by atoms with Gasteiger partial charge in [-0.15, -0.1) is 0 Å². The third-order valence-electron chi connectivity index (χ3n) is 3.50. The molecule has 0 fully saturated rings. The van der Waals surface area contributed by atoms with E-state index in [4.69, 9.17) is 0 Å². The quantitative estimate of drug-likeness (QED) is 0.669. The Kier molecular flexibility index (Phi) is 4.67. The summed E-state index contributed by atoms with van der Waals surface area (Å²) in [7, 11) is 0. The summed E-state index contributed by atoms with van der Waals surface area (Å²) >= 11 is 0. The Morgan fingerprint density at radius 3 is 2.62 bits per heavy atom. The van der Waals surface area contributed by atoms with E-state index in [-0.39, 0.29) is 12.3 Å². The number of para-hydroxylation sites is 1. The Labute approximate surface area is 139 Å². The Morgan fingerprint density at radius 2 is 1.88 bits per heavy atom. The Bertz CT molecular complexity index is 824. The maximum absolute atomic E-state index is 10.2. The minimum absolute atomic E-state index is 0.127.